The molecular weight excluding hydrogens is 338 g/mol. The zero-order chi connectivity index (χ0) is 18.8. The van der Waals surface area contributed by atoms with E-state index in [4.69, 9.17) is 4.74 Å². The molecule has 0 bridgehead atoms. The van der Waals surface area contributed by atoms with Crippen LogP contribution in [0.3, 0.4) is 0 Å². The lowest BCUT2D eigenvalue weighted by molar-refractivity contribution is 0.0664. The average molecular weight is 360 g/mol. The summed E-state index contributed by atoms with van der Waals surface area (Å²) in [7, 11) is 1.34. The molecule has 1 atom stereocenters. The molecule has 1 aliphatic heterocycles. The molecule has 1 heterocycles. The topological polar surface area (TPSA) is 32.8 Å². The molecule has 138 valence electrons. The van der Waals surface area contributed by atoms with Crippen molar-refractivity contribution in [3.63, 3.8) is 0 Å². The second-order valence-electron chi connectivity index (χ2n) is 6.57. The Bertz CT molecular complexity index is 808. The van der Waals surface area contributed by atoms with E-state index >= 15 is 0 Å². The van der Waals surface area contributed by atoms with Crippen molar-refractivity contribution in [1.29, 1.82) is 0 Å². The highest BCUT2D eigenvalue weighted by Crippen LogP contribution is 2.27. The highest BCUT2D eigenvalue weighted by Gasteiger charge is 2.32. The first-order valence-corrected chi connectivity index (χ1v) is 8.57. The van der Waals surface area contributed by atoms with Crippen LogP contribution in [-0.4, -0.2) is 43.6 Å². The Kier molecular flexibility index (Phi) is 5.11. The summed E-state index contributed by atoms with van der Waals surface area (Å²) in [4.78, 5) is 16.6. The van der Waals surface area contributed by atoms with Crippen molar-refractivity contribution in [1.82, 2.24) is 4.90 Å². The first-order valence-electron chi connectivity index (χ1n) is 8.57. The van der Waals surface area contributed by atoms with Gasteiger partial charge in [-0.3, -0.25) is 4.79 Å². The lowest BCUT2D eigenvalue weighted by Gasteiger charge is -2.41. The molecule has 3 rings (SSSR count). The second kappa shape index (κ2) is 7.32. The number of ether oxygens (including phenoxy) is 1. The summed E-state index contributed by atoms with van der Waals surface area (Å²) >= 11 is 0. The van der Waals surface area contributed by atoms with Crippen LogP contribution >= 0.6 is 0 Å². The number of piperazine rings is 1. The third kappa shape index (κ3) is 3.36. The molecule has 4 nitrogen and oxygen atoms in total. The van der Waals surface area contributed by atoms with Gasteiger partial charge in [-0.15, -0.1) is 0 Å². The van der Waals surface area contributed by atoms with E-state index in [0.717, 1.165) is 11.8 Å². The Balaban J connectivity index is 1.81. The van der Waals surface area contributed by atoms with Gasteiger partial charge in [0.15, 0.2) is 11.6 Å². The number of aryl methyl sites for hydroxylation is 1. The number of nitrogens with zero attached hydrogens (tertiary/aromatic N) is 2. The van der Waals surface area contributed by atoms with E-state index in [0.29, 0.717) is 19.6 Å². The van der Waals surface area contributed by atoms with Crippen LogP contribution in [0, 0.1) is 18.6 Å². The Morgan fingerprint density at radius 3 is 2.42 bits per heavy atom. The summed E-state index contributed by atoms with van der Waals surface area (Å²) in [6.45, 7) is 5.60. The minimum absolute atomic E-state index is 0.0436. The highest BCUT2D eigenvalue weighted by atomic mass is 19.2. The molecule has 0 aromatic heterocycles. The van der Waals surface area contributed by atoms with Gasteiger partial charge in [-0.2, -0.15) is 0 Å². The summed E-state index contributed by atoms with van der Waals surface area (Å²) in [5, 5.41) is 0. The quantitative estimate of drug-likeness (QED) is 0.838. The summed E-state index contributed by atoms with van der Waals surface area (Å²) in [5.41, 5.74) is 1.93. The molecule has 0 spiro atoms. The third-order valence-electron chi connectivity index (χ3n) is 4.78. The zero-order valence-corrected chi connectivity index (χ0v) is 15.1. The van der Waals surface area contributed by atoms with Gasteiger partial charge >= 0.3 is 0 Å². The number of halogens is 2. The third-order valence-corrected chi connectivity index (χ3v) is 4.78. The van der Waals surface area contributed by atoms with E-state index in [2.05, 4.69) is 17.0 Å². The minimum Gasteiger partial charge on any atom is -0.496 e. The summed E-state index contributed by atoms with van der Waals surface area (Å²) in [5.74, 6) is -2.72. The molecule has 1 unspecified atom stereocenters. The molecule has 6 heteroatoms. The van der Waals surface area contributed by atoms with Crippen LogP contribution in [0.1, 0.15) is 22.8 Å². The van der Waals surface area contributed by atoms with Crippen molar-refractivity contribution < 1.29 is 18.3 Å². The van der Waals surface area contributed by atoms with Crippen LogP contribution in [0.4, 0.5) is 14.5 Å². The predicted molar refractivity (Wildman–Crippen MR) is 96.8 cm³/mol. The van der Waals surface area contributed by atoms with Gasteiger partial charge in [0.2, 0.25) is 0 Å². The van der Waals surface area contributed by atoms with E-state index in [1.165, 1.54) is 18.7 Å². The lowest BCUT2D eigenvalue weighted by atomic mass is 10.1. The van der Waals surface area contributed by atoms with E-state index in [9.17, 15) is 13.6 Å². The second-order valence-corrected chi connectivity index (χ2v) is 6.57. The van der Waals surface area contributed by atoms with Gasteiger partial charge in [0.1, 0.15) is 11.3 Å². The van der Waals surface area contributed by atoms with Crippen LogP contribution < -0.4 is 9.64 Å². The van der Waals surface area contributed by atoms with E-state index in [-0.39, 0.29) is 17.4 Å². The van der Waals surface area contributed by atoms with Gasteiger partial charge in [0.05, 0.1) is 7.11 Å². The zero-order valence-electron chi connectivity index (χ0n) is 15.1. The fourth-order valence-electron chi connectivity index (χ4n) is 3.30. The fraction of sp³-hybridized carbons (Fsp3) is 0.350. The molecule has 2 aromatic carbocycles. The number of carbonyl (C=O) groups excluding carboxylic acids is 1. The Labute approximate surface area is 152 Å². The van der Waals surface area contributed by atoms with Crippen molar-refractivity contribution in [3.05, 3.63) is 59.2 Å². The van der Waals surface area contributed by atoms with Crippen molar-refractivity contribution in [2.45, 2.75) is 19.9 Å². The van der Waals surface area contributed by atoms with Crippen molar-refractivity contribution in [2.75, 3.05) is 31.6 Å². The molecule has 0 radical (unpaired) electrons. The van der Waals surface area contributed by atoms with Crippen LogP contribution in [0.2, 0.25) is 0 Å². The van der Waals surface area contributed by atoms with Crippen molar-refractivity contribution >= 4 is 11.6 Å². The number of methoxy groups -OCH3 is 1. The molecule has 0 aliphatic carbocycles. The Hall–Kier alpha value is -2.63. The summed E-state index contributed by atoms with van der Waals surface area (Å²) < 4.78 is 32.9. The van der Waals surface area contributed by atoms with E-state index < -0.39 is 17.5 Å². The molecule has 1 fully saturated rings. The number of carbonyl (C=O) groups is 1. The maximum atomic E-state index is 14.2. The molecular formula is C20H22F2N2O2. The van der Waals surface area contributed by atoms with Gasteiger partial charge in [-0.05, 0) is 38.1 Å². The molecule has 1 aliphatic rings. The number of hydrogen-bond acceptors (Lipinski definition) is 3. The monoisotopic (exact) mass is 360 g/mol. The molecule has 0 N–H and O–H groups in total. The van der Waals surface area contributed by atoms with Crippen LogP contribution in [0.25, 0.3) is 0 Å². The lowest BCUT2D eigenvalue weighted by Crippen LogP contribution is -2.54. The SMILES string of the molecule is COc1ccc(F)c(F)c1C(=O)N1CCN(c2ccc(C)cc2)CC1C. The summed E-state index contributed by atoms with van der Waals surface area (Å²) in [6.07, 6.45) is 0. The predicted octanol–water partition coefficient (Wildman–Crippen LogP) is 3.63. The van der Waals surface area contributed by atoms with Crippen LogP contribution in [0.5, 0.6) is 5.75 Å². The molecule has 26 heavy (non-hydrogen) atoms. The smallest absolute Gasteiger partial charge is 0.261 e. The maximum Gasteiger partial charge on any atom is 0.261 e. The maximum absolute atomic E-state index is 14.2. The largest absolute Gasteiger partial charge is 0.496 e. The van der Waals surface area contributed by atoms with Gasteiger partial charge in [-0.1, -0.05) is 17.7 Å². The minimum atomic E-state index is -1.16. The Morgan fingerprint density at radius 2 is 1.81 bits per heavy atom. The Morgan fingerprint density at radius 1 is 1.12 bits per heavy atom. The molecule has 1 amide bonds. The fourth-order valence-corrected chi connectivity index (χ4v) is 3.30. The number of rotatable bonds is 3. The van der Waals surface area contributed by atoms with Gasteiger partial charge in [-0.25, -0.2) is 8.78 Å². The normalized spacial score (nSPS) is 17.3. The number of benzene rings is 2. The van der Waals surface area contributed by atoms with E-state index in [1.54, 1.807) is 4.90 Å². The molecule has 1 saturated heterocycles. The number of hydrogen-bond donors (Lipinski definition) is 0. The van der Waals surface area contributed by atoms with E-state index in [1.807, 2.05) is 26.0 Å². The average Bonchev–Trinajstić information content (AvgIpc) is 2.64. The highest BCUT2D eigenvalue weighted by molar-refractivity contribution is 5.97. The van der Waals surface area contributed by atoms with Gasteiger partial charge in [0.25, 0.3) is 5.91 Å². The standard InChI is InChI=1S/C20H22F2N2O2/c1-13-4-6-15(7-5-13)23-10-11-24(14(2)12-23)20(25)18-17(26-3)9-8-16(21)19(18)22/h4-9,14H,10-12H2,1-3H3. The van der Waals surface area contributed by atoms with Crippen LogP contribution in [-0.2, 0) is 0 Å². The van der Waals surface area contributed by atoms with Crippen molar-refractivity contribution in [3.8, 4) is 5.75 Å². The van der Waals surface area contributed by atoms with Gasteiger partial charge < -0.3 is 14.5 Å². The van der Waals surface area contributed by atoms with Crippen LogP contribution in [0.15, 0.2) is 36.4 Å². The number of anilines is 1. The first kappa shape index (κ1) is 18.2. The molecule has 0 saturated carbocycles. The molecule has 2 aromatic rings. The summed E-state index contributed by atoms with van der Waals surface area (Å²) in [6, 6.07) is 10.3. The van der Waals surface area contributed by atoms with Gasteiger partial charge in [0, 0.05) is 31.4 Å². The van der Waals surface area contributed by atoms with Crippen molar-refractivity contribution in [2.24, 2.45) is 0 Å². The number of amides is 1. The first-order chi connectivity index (χ1) is 12.4.